The normalized spacial score (nSPS) is 12.4. The molecule has 0 unspecified atom stereocenters. The van der Waals surface area contributed by atoms with Gasteiger partial charge in [-0.3, -0.25) is 0 Å². The van der Waals surface area contributed by atoms with Crippen molar-refractivity contribution in [1.82, 2.24) is 0 Å². The van der Waals surface area contributed by atoms with Gasteiger partial charge < -0.3 is 11.5 Å². The number of rotatable bonds is 3. The Bertz CT molecular complexity index is 356. The Morgan fingerprint density at radius 1 is 1.25 bits per heavy atom. The highest BCUT2D eigenvalue weighted by Gasteiger charge is 2.14. The molecule has 0 aromatic heterocycles. The molecule has 16 heavy (non-hydrogen) atoms. The predicted molar refractivity (Wildman–Crippen MR) is 79.9 cm³/mol. The first kappa shape index (κ1) is 16.2. The molecule has 1 rings (SSSR count). The van der Waals surface area contributed by atoms with Crippen molar-refractivity contribution in [3.8, 4) is 0 Å². The second-order valence-corrected chi connectivity index (χ2v) is 5.90. The van der Waals surface area contributed by atoms with Gasteiger partial charge in [-0.1, -0.05) is 29.8 Å². The van der Waals surface area contributed by atoms with Crippen LogP contribution >= 0.6 is 44.3 Å². The quantitative estimate of drug-likeness (QED) is 0.779. The fraction of sp³-hybridized carbons (Fsp3) is 0.455. The Hall–Kier alpha value is 0.230. The van der Waals surface area contributed by atoms with Gasteiger partial charge in [0.05, 0.1) is 5.69 Å². The minimum Gasteiger partial charge on any atom is -0.398 e. The van der Waals surface area contributed by atoms with E-state index in [-0.39, 0.29) is 18.4 Å². The van der Waals surface area contributed by atoms with Crippen molar-refractivity contribution in [3.63, 3.8) is 0 Å². The van der Waals surface area contributed by atoms with Gasteiger partial charge in [0.2, 0.25) is 0 Å². The minimum atomic E-state index is -0.00111. The Kier molecular flexibility index (Phi) is 6.94. The number of halogens is 3. The summed E-state index contributed by atoms with van der Waals surface area (Å²) in [7, 11) is 0. The molecule has 1 atom stereocenters. The number of hydrogen-bond donors (Lipinski definition) is 2. The maximum atomic E-state index is 6.11. The molecule has 1 aromatic carbocycles. The van der Waals surface area contributed by atoms with Gasteiger partial charge in [-0.25, -0.2) is 0 Å². The molecular weight excluding hydrogens is 355 g/mol. The van der Waals surface area contributed by atoms with E-state index >= 15 is 0 Å². The summed E-state index contributed by atoms with van der Waals surface area (Å²) in [5.41, 5.74) is 13.8. The van der Waals surface area contributed by atoms with Crippen LogP contribution in [0.25, 0.3) is 0 Å². The fourth-order valence-corrected chi connectivity index (χ4v) is 2.80. The van der Waals surface area contributed by atoms with Crippen LogP contribution in [-0.4, -0.2) is 0 Å². The number of benzene rings is 1. The summed E-state index contributed by atoms with van der Waals surface area (Å²) in [5.74, 6) is 0.567. The van der Waals surface area contributed by atoms with Crippen LogP contribution in [0.3, 0.4) is 0 Å². The third-order valence-electron chi connectivity index (χ3n) is 2.25. The van der Waals surface area contributed by atoms with Crippen LogP contribution in [0.4, 0.5) is 5.69 Å². The molecule has 0 aliphatic carbocycles. The van der Waals surface area contributed by atoms with Crippen molar-refractivity contribution in [1.29, 1.82) is 0 Å². The predicted octanol–water partition coefficient (Wildman–Crippen LogP) is 4.26. The van der Waals surface area contributed by atoms with Crippen molar-refractivity contribution in [2.24, 2.45) is 11.7 Å². The first-order valence-electron chi connectivity index (χ1n) is 4.91. The molecule has 0 saturated carbocycles. The average Bonchev–Trinajstić information content (AvgIpc) is 2.09. The molecule has 0 fully saturated rings. The van der Waals surface area contributed by atoms with Crippen molar-refractivity contribution < 1.29 is 0 Å². The molecule has 0 aliphatic heterocycles. The third-order valence-corrected chi connectivity index (χ3v) is 3.37. The summed E-state index contributed by atoms with van der Waals surface area (Å²) in [6, 6.07) is 3.92. The van der Waals surface area contributed by atoms with Crippen molar-refractivity contribution >= 4 is 50.0 Å². The van der Waals surface area contributed by atoms with Crippen LogP contribution in [0.1, 0.15) is 31.9 Å². The number of nitrogens with two attached hydrogens (primary N) is 2. The number of hydrogen-bond acceptors (Lipinski definition) is 2. The van der Waals surface area contributed by atoms with E-state index in [9.17, 15) is 0 Å². The van der Waals surface area contributed by atoms with Crippen LogP contribution in [0.15, 0.2) is 21.1 Å². The lowest BCUT2D eigenvalue weighted by Gasteiger charge is -2.17. The Morgan fingerprint density at radius 2 is 1.81 bits per heavy atom. The molecule has 0 spiro atoms. The first-order valence-corrected chi connectivity index (χ1v) is 6.50. The maximum Gasteiger partial charge on any atom is 0.0507 e. The molecule has 0 saturated heterocycles. The summed E-state index contributed by atoms with van der Waals surface area (Å²) in [5, 5.41) is 0. The van der Waals surface area contributed by atoms with E-state index in [4.69, 9.17) is 11.5 Å². The van der Waals surface area contributed by atoms with Gasteiger partial charge in [0.25, 0.3) is 0 Å². The molecule has 1 aromatic rings. The standard InChI is InChI=1S/C11H16Br2N2.ClH/c1-6(2)3-10(14)8-4-7(12)5-9(13)11(8)15;/h4-6,10H,3,14-15H2,1-2H3;1H/t10-;/m0./s1. The topological polar surface area (TPSA) is 52.0 Å². The Morgan fingerprint density at radius 3 is 2.31 bits per heavy atom. The van der Waals surface area contributed by atoms with E-state index in [2.05, 4.69) is 45.7 Å². The zero-order chi connectivity index (χ0) is 11.6. The lowest BCUT2D eigenvalue weighted by atomic mass is 9.97. The lowest BCUT2D eigenvalue weighted by molar-refractivity contribution is 0.510. The summed E-state index contributed by atoms with van der Waals surface area (Å²) in [6.45, 7) is 4.31. The monoisotopic (exact) mass is 370 g/mol. The smallest absolute Gasteiger partial charge is 0.0507 e. The van der Waals surface area contributed by atoms with Gasteiger partial charge in [0, 0.05) is 15.0 Å². The van der Waals surface area contributed by atoms with Crippen LogP contribution in [0, 0.1) is 5.92 Å². The van der Waals surface area contributed by atoms with Crippen LogP contribution < -0.4 is 11.5 Å². The summed E-state index contributed by atoms with van der Waals surface area (Å²) >= 11 is 6.86. The summed E-state index contributed by atoms with van der Waals surface area (Å²) in [4.78, 5) is 0. The third kappa shape index (κ3) is 4.24. The highest BCUT2D eigenvalue weighted by molar-refractivity contribution is 9.11. The Labute approximate surface area is 120 Å². The van der Waals surface area contributed by atoms with E-state index in [0.717, 1.165) is 26.6 Å². The van der Waals surface area contributed by atoms with E-state index in [1.54, 1.807) is 0 Å². The molecular formula is C11H17Br2ClN2. The van der Waals surface area contributed by atoms with Crippen LogP contribution in [0.2, 0.25) is 0 Å². The molecule has 0 bridgehead atoms. The van der Waals surface area contributed by atoms with E-state index in [1.165, 1.54) is 0 Å². The van der Waals surface area contributed by atoms with Gasteiger partial charge in [0.1, 0.15) is 0 Å². The SMILES string of the molecule is CC(C)C[C@H](N)c1cc(Br)cc(Br)c1N.Cl. The zero-order valence-electron chi connectivity index (χ0n) is 9.34. The molecule has 2 nitrogen and oxygen atoms in total. The molecule has 0 amide bonds. The highest BCUT2D eigenvalue weighted by Crippen LogP contribution is 2.33. The van der Waals surface area contributed by atoms with Crippen molar-refractivity contribution in [3.05, 3.63) is 26.6 Å². The van der Waals surface area contributed by atoms with Gasteiger partial charge in [-0.05, 0) is 46.0 Å². The van der Waals surface area contributed by atoms with Gasteiger partial charge >= 0.3 is 0 Å². The van der Waals surface area contributed by atoms with Gasteiger partial charge in [-0.15, -0.1) is 12.4 Å². The summed E-state index contributed by atoms with van der Waals surface area (Å²) in [6.07, 6.45) is 0.938. The van der Waals surface area contributed by atoms with Crippen molar-refractivity contribution in [2.75, 3.05) is 5.73 Å². The molecule has 92 valence electrons. The average molecular weight is 373 g/mol. The van der Waals surface area contributed by atoms with E-state index < -0.39 is 0 Å². The zero-order valence-corrected chi connectivity index (χ0v) is 13.3. The number of nitrogen functional groups attached to an aromatic ring is 1. The maximum absolute atomic E-state index is 6.11. The number of anilines is 1. The molecule has 0 aliphatic rings. The van der Waals surface area contributed by atoms with E-state index in [0.29, 0.717) is 5.92 Å². The first-order chi connectivity index (χ1) is 6.91. The highest BCUT2D eigenvalue weighted by atomic mass is 79.9. The van der Waals surface area contributed by atoms with E-state index in [1.807, 2.05) is 12.1 Å². The van der Waals surface area contributed by atoms with Gasteiger partial charge in [0.15, 0.2) is 0 Å². The second kappa shape index (κ2) is 6.84. The largest absolute Gasteiger partial charge is 0.398 e. The Balaban J connectivity index is 0.00000225. The van der Waals surface area contributed by atoms with Gasteiger partial charge in [-0.2, -0.15) is 0 Å². The lowest BCUT2D eigenvalue weighted by Crippen LogP contribution is -2.15. The molecule has 0 heterocycles. The molecule has 0 radical (unpaired) electrons. The molecule has 4 N–H and O–H groups in total. The molecule has 5 heteroatoms. The van der Waals surface area contributed by atoms with Crippen molar-refractivity contribution in [2.45, 2.75) is 26.3 Å². The fourth-order valence-electron chi connectivity index (χ4n) is 1.55. The second-order valence-electron chi connectivity index (χ2n) is 4.13. The minimum absolute atomic E-state index is 0. The van der Waals surface area contributed by atoms with Crippen LogP contribution in [0.5, 0.6) is 0 Å². The van der Waals surface area contributed by atoms with Crippen LogP contribution in [-0.2, 0) is 0 Å². The summed E-state index contributed by atoms with van der Waals surface area (Å²) < 4.78 is 1.89.